The van der Waals surface area contributed by atoms with Gasteiger partial charge in [-0.25, -0.2) is 0 Å². The fraction of sp³-hybridized carbons (Fsp3) is 0.762. The highest BCUT2D eigenvalue weighted by atomic mass is 16.7. The van der Waals surface area contributed by atoms with Crippen LogP contribution in [-0.2, 0) is 14.3 Å². The Morgan fingerprint density at radius 2 is 1.79 bits per heavy atom. The Balaban J connectivity index is 1.51. The van der Waals surface area contributed by atoms with Crippen molar-refractivity contribution in [3.05, 3.63) is 23.8 Å². The van der Waals surface area contributed by atoms with Gasteiger partial charge >= 0.3 is 0 Å². The first-order chi connectivity index (χ1) is 11.5. The van der Waals surface area contributed by atoms with Crippen LogP contribution < -0.4 is 0 Å². The fourth-order valence-electron chi connectivity index (χ4n) is 7.08. The summed E-state index contributed by atoms with van der Waals surface area (Å²) in [5.41, 5.74) is 1.63. The average Bonchev–Trinajstić information content (AvgIpc) is 3.15. The first-order valence-electron chi connectivity index (χ1n) is 9.71. The van der Waals surface area contributed by atoms with Crippen LogP contribution in [0.25, 0.3) is 0 Å². The molecule has 4 aliphatic carbocycles. The lowest BCUT2D eigenvalue weighted by molar-refractivity contribution is -0.241. The number of rotatable bonds is 0. The molecule has 4 fully saturated rings. The van der Waals surface area contributed by atoms with Crippen molar-refractivity contribution < 1.29 is 14.3 Å². The van der Waals surface area contributed by atoms with Crippen molar-refractivity contribution in [3.63, 3.8) is 0 Å². The van der Waals surface area contributed by atoms with Crippen LogP contribution in [0.4, 0.5) is 0 Å². The molecule has 5 rings (SSSR count). The Kier molecular flexibility index (Phi) is 3.08. The lowest BCUT2D eigenvalue weighted by Gasteiger charge is -2.57. The van der Waals surface area contributed by atoms with E-state index < -0.39 is 0 Å². The van der Waals surface area contributed by atoms with Crippen LogP contribution in [0, 0.1) is 28.6 Å². The number of allylic oxidation sites excluding steroid dienone is 4. The summed E-state index contributed by atoms with van der Waals surface area (Å²) in [4.78, 5) is 11.8. The Morgan fingerprint density at radius 3 is 2.58 bits per heavy atom. The fourth-order valence-corrected chi connectivity index (χ4v) is 7.08. The molecule has 5 atom stereocenters. The second kappa shape index (κ2) is 4.82. The van der Waals surface area contributed by atoms with Crippen molar-refractivity contribution in [1.29, 1.82) is 0 Å². The smallest absolute Gasteiger partial charge is 0.178 e. The zero-order valence-corrected chi connectivity index (χ0v) is 14.8. The summed E-state index contributed by atoms with van der Waals surface area (Å²) >= 11 is 0. The molecule has 24 heavy (non-hydrogen) atoms. The van der Waals surface area contributed by atoms with Crippen molar-refractivity contribution >= 4 is 5.78 Å². The molecule has 0 bridgehead atoms. The van der Waals surface area contributed by atoms with E-state index in [2.05, 4.69) is 19.9 Å². The van der Waals surface area contributed by atoms with E-state index in [9.17, 15) is 4.79 Å². The van der Waals surface area contributed by atoms with Crippen molar-refractivity contribution in [2.24, 2.45) is 28.6 Å². The Bertz CT molecular complexity index is 641. The number of fused-ring (bicyclic) bond motifs is 6. The third-order valence-electron chi connectivity index (χ3n) is 8.35. The summed E-state index contributed by atoms with van der Waals surface area (Å²) < 4.78 is 12.4. The average molecular weight is 328 g/mol. The van der Waals surface area contributed by atoms with Crippen molar-refractivity contribution in [2.45, 2.75) is 58.2 Å². The topological polar surface area (TPSA) is 35.5 Å². The van der Waals surface area contributed by atoms with Crippen LogP contribution in [0.15, 0.2) is 23.8 Å². The van der Waals surface area contributed by atoms with Gasteiger partial charge in [-0.3, -0.25) is 4.79 Å². The van der Waals surface area contributed by atoms with Crippen molar-refractivity contribution in [1.82, 2.24) is 0 Å². The van der Waals surface area contributed by atoms with E-state index in [0.717, 1.165) is 32.0 Å². The summed E-state index contributed by atoms with van der Waals surface area (Å²) in [7, 11) is 0. The number of ether oxygens (including phenoxy) is 2. The van der Waals surface area contributed by atoms with Gasteiger partial charge in [-0.05, 0) is 62.0 Å². The minimum Gasteiger partial charge on any atom is -0.347 e. The van der Waals surface area contributed by atoms with E-state index in [1.165, 1.54) is 31.3 Å². The summed E-state index contributed by atoms with van der Waals surface area (Å²) in [6, 6.07) is 0. The molecule has 5 aliphatic rings. The third kappa shape index (κ3) is 1.73. The van der Waals surface area contributed by atoms with Crippen LogP contribution in [0.2, 0.25) is 0 Å². The van der Waals surface area contributed by atoms with Crippen molar-refractivity contribution in [3.8, 4) is 0 Å². The highest BCUT2D eigenvalue weighted by Gasteiger charge is 2.66. The normalized spacial score (nSPS) is 48.8. The van der Waals surface area contributed by atoms with Crippen LogP contribution in [0.5, 0.6) is 0 Å². The molecule has 0 aromatic rings. The Morgan fingerprint density at radius 1 is 1.04 bits per heavy atom. The number of ketones is 1. The van der Waals surface area contributed by atoms with Gasteiger partial charge in [-0.15, -0.1) is 0 Å². The SMILES string of the molecule is C[C@]12C=CC(=O)C=C1CC[C@@H]1[C@@H]2CC[C@@]2(C)[C@H]1CCC21OCCO1. The summed E-state index contributed by atoms with van der Waals surface area (Å²) in [6.07, 6.45) is 12.9. The quantitative estimate of drug-likeness (QED) is 0.673. The van der Waals surface area contributed by atoms with E-state index in [-0.39, 0.29) is 22.4 Å². The third-order valence-corrected chi connectivity index (χ3v) is 8.35. The minimum absolute atomic E-state index is 0.0886. The zero-order chi connectivity index (χ0) is 16.6. The highest BCUT2D eigenvalue weighted by Crippen LogP contribution is 2.68. The minimum atomic E-state index is -0.308. The summed E-state index contributed by atoms with van der Waals surface area (Å²) in [5.74, 6) is 1.96. The lowest BCUT2D eigenvalue weighted by atomic mass is 9.48. The van der Waals surface area contributed by atoms with Gasteiger partial charge < -0.3 is 9.47 Å². The number of carbonyl (C=O) groups excluding carboxylic acids is 1. The molecule has 0 radical (unpaired) electrons. The Hall–Kier alpha value is -0.930. The second-order valence-electron chi connectivity index (χ2n) is 9.05. The van der Waals surface area contributed by atoms with Gasteiger partial charge in [0, 0.05) is 17.3 Å². The van der Waals surface area contributed by atoms with E-state index in [4.69, 9.17) is 9.47 Å². The van der Waals surface area contributed by atoms with Gasteiger partial charge in [-0.1, -0.05) is 25.5 Å². The van der Waals surface area contributed by atoms with Gasteiger partial charge in [0.25, 0.3) is 0 Å². The monoisotopic (exact) mass is 328 g/mol. The van der Waals surface area contributed by atoms with Crippen LogP contribution in [-0.4, -0.2) is 24.8 Å². The predicted octanol–water partition coefficient (Wildman–Crippen LogP) is 4.04. The van der Waals surface area contributed by atoms with E-state index >= 15 is 0 Å². The van der Waals surface area contributed by atoms with Gasteiger partial charge in [0.05, 0.1) is 13.2 Å². The maximum atomic E-state index is 11.8. The number of hydrogen-bond acceptors (Lipinski definition) is 3. The summed E-state index contributed by atoms with van der Waals surface area (Å²) in [5, 5.41) is 0. The molecule has 0 unspecified atom stereocenters. The van der Waals surface area contributed by atoms with E-state index in [1.54, 1.807) is 6.08 Å². The molecule has 3 heteroatoms. The molecule has 0 aromatic carbocycles. The van der Waals surface area contributed by atoms with E-state index in [0.29, 0.717) is 11.8 Å². The molecular formula is C21H28O3. The van der Waals surface area contributed by atoms with Crippen molar-refractivity contribution in [2.75, 3.05) is 13.2 Å². The lowest BCUT2D eigenvalue weighted by Crippen LogP contribution is -2.54. The second-order valence-corrected chi connectivity index (χ2v) is 9.05. The molecule has 1 spiro atoms. The molecule has 1 saturated heterocycles. The summed E-state index contributed by atoms with van der Waals surface area (Å²) in [6.45, 7) is 6.31. The standard InChI is InChI=1S/C21H28O3/c1-19-8-5-15(22)13-14(19)3-4-16-17(19)6-9-20(2)18(16)7-10-21(20)23-11-12-24-21/h5,8,13,16-18H,3-4,6-7,9-12H2,1-2H3/t16-,17+,18+,19+,20+/m1/s1. The van der Waals surface area contributed by atoms with Gasteiger partial charge in [0.15, 0.2) is 11.6 Å². The van der Waals surface area contributed by atoms with Gasteiger partial charge in [0.2, 0.25) is 0 Å². The number of hydrogen-bond donors (Lipinski definition) is 0. The number of carbonyl (C=O) groups is 1. The van der Waals surface area contributed by atoms with Crippen LogP contribution in [0.1, 0.15) is 52.4 Å². The molecule has 0 aromatic heterocycles. The molecule has 0 N–H and O–H groups in total. The molecule has 0 amide bonds. The highest BCUT2D eigenvalue weighted by molar-refractivity contribution is 6.01. The van der Waals surface area contributed by atoms with Gasteiger partial charge in [-0.2, -0.15) is 0 Å². The Labute approximate surface area is 144 Å². The molecule has 1 heterocycles. The maximum Gasteiger partial charge on any atom is 0.178 e. The zero-order valence-electron chi connectivity index (χ0n) is 14.8. The predicted molar refractivity (Wildman–Crippen MR) is 91.3 cm³/mol. The first-order valence-corrected chi connectivity index (χ1v) is 9.71. The van der Waals surface area contributed by atoms with Crippen LogP contribution in [0.3, 0.4) is 0 Å². The molecular weight excluding hydrogens is 300 g/mol. The molecule has 1 aliphatic heterocycles. The first kappa shape index (κ1) is 15.3. The largest absolute Gasteiger partial charge is 0.347 e. The van der Waals surface area contributed by atoms with E-state index in [1.807, 2.05) is 6.08 Å². The van der Waals surface area contributed by atoms with Gasteiger partial charge in [0.1, 0.15) is 0 Å². The molecule has 130 valence electrons. The maximum absolute atomic E-state index is 11.8. The molecule has 3 nitrogen and oxygen atoms in total. The molecule has 3 saturated carbocycles. The van der Waals surface area contributed by atoms with Crippen LogP contribution >= 0.6 is 0 Å².